The van der Waals surface area contributed by atoms with Gasteiger partial charge in [-0.05, 0) is 78.1 Å². The van der Waals surface area contributed by atoms with Crippen molar-refractivity contribution in [1.82, 2.24) is 10.2 Å². The fourth-order valence-electron chi connectivity index (χ4n) is 6.35. The molecule has 0 radical (unpaired) electrons. The van der Waals surface area contributed by atoms with Crippen molar-refractivity contribution in [3.05, 3.63) is 117 Å². The molecule has 2 N–H and O–H groups in total. The van der Waals surface area contributed by atoms with Gasteiger partial charge in [0.2, 0.25) is 0 Å². The Morgan fingerprint density at radius 2 is 1.53 bits per heavy atom. The van der Waals surface area contributed by atoms with Gasteiger partial charge in [0.1, 0.15) is 5.75 Å². The molecule has 0 spiro atoms. The van der Waals surface area contributed by atoms with E-state index in [-0.39, 0.29) is 23.7 Å². The molecule has 1 heterocycles. The van der Waals surface area contributed by atoms with Crippen LogP contribution in [0.5, 0.6) is 5.75 Å². The number of anilines is 1. The lowest BCUT2D eigenvalue weighted by atomic mass is 9.91. The quantitative estimate of drug-likeness (QED) is 0.214. The van der Waals surface area contributed by atoms with Gasteiger partial charge in [0.05, 0.1) is 21.8 Å². The summed E-state index contributed by atoms with van der Waals surface area (Å²) in [7, 11) is 0. The van der Waals surface area contributed by atoms with Gasteiger partial charge in [0.25, 0.3) is 5.91 Å². The number of phenolic OH excluding ortho intramolecular Hbond substituents is 1. The molecule has 1 atom stereocenters. The molecule has 1 unspecified atom stereocenters. The van der Waals surface area contributed by atoms with Crippen molar-refractivity contribution in [2.24, 2.45) is 0 Å². The minimum absolute atomic E-state index is 0.0511. The van der Waals surface area contributed by atoms with Crippen LogP contribution in [0.25, 0.3) is 11.1 Å². The minimum atomic E-state index is -0.282. The highest BCUT2D eigenvalue weighted by Gasteiger charge is 2.30. The molecule has 2 fully saturated rings. The SMILES string of the molecule is O=C(NC1CCCC1)c1cccc(C(c2cc(-c3cccc(Cl)c3)ccc2O)N2CCN(c3cccc(Cl)c3Cl)CC2)c1. The second-order valence-corrected chi connectivity index (χ2v) is 12.6. The minimum Gasteiger partial charge on any atom is -0.508 e. The first-order valence-corrected chi connectivity index (χ1v) is 15.9. The van der Waals surface area contributed by atoms with E-state index in [2.05, 4.69) is 15.1 Å². The summed E-state index contributed by atoms with van der Waals surface area (Å²) in [4.78, 5) is 17.9. The van der Waals surface area contributed by atoms with Crippen molar-refractivity contribution >= 4 is 46.4 Å². The monoisotopic (exact) mass is 633 g/mol. The molecule has 1 aliphatic heterocycles. The maximum absolute atomic E-state index is 13.3. The maximum Gasteiger partial charge on any atom is 0.251 e. The van der Waals surface area contributed by atoms with Crippen molar-refractivity contribution < 1.29 is 9.90 Å². The van der Waals surface area contributed by atoms with E-state index >= 15 is 0 Å². The van der Waals surface area contributed by atoms with E-state index in [1.165, 1.54) is 0 Å². The molecule has 43 heavy (non-hydrogen) atoms. The van der Waals surface area contributed by atoms with E-state index in [0.717, 1.165) is 66.7 Å². The summed E-state index contributed by atoms with van der Waals surface area (Å²) in [5, 5.41) is 16.3. The molecule has 1 saturated heterocycles. The topological polar surface area (TPSA) is 55.8 Å². The molecule has 1 saturated carbocycles. The van der Waals surface area contributed by atoms with Gasteiger partial charge < -0.3 is 15.3 Å². The van der Waals surface area contributed by atoms with Crippen molar-refractivity contribution in [3.8, 4) is 16.9 Å². The molecule has 2 aliphatic rings. The van der Waals surface area contributed by atoms with Crippen LogP contribution >= 0.6 is 34.8 Å². The number of nitrogens with zero attached hydrogens (tertiary/aromatic N) is 2. The number of hydrogen-bond acceptors (Lipinski definition) is 4. The van der Waals surface area contributed by atoms with Crippen LogP contribution < -0.4 is 10.2 Å². The predicted molar refractivity (Wildman–Crippen MR) is 177 cm³/mol. The number of carbonyl (C=O) groups excluding carboxylic acids is 1. The summed E-state index contributed by atoms with van der Waals surface area (Å²) in [5.74, 6) is 0.154. The smallest absolute Gasteiger partial charge is 0.251 e. The Kier molecular flexibility index (Phi) is 9.15. The van der Waals surface area contributed by atoms with E-state index in [1.54, 1.807) is 12.1 Å². The van der Waals surface area contributed by atoms with Crippen molar-refractivity contribution in [2.45, 2.75) is 37.8 Å². The highest BCUT2D eigenvalue weighted by atomic mass is 35.5. The Balaban J connectivity index is 1.35. The van der Waals surface area contributed by atoms with E-state index in [9.17, 15) is 9.90 Å². The van der Waals surface area contributed by atoms with Gasteiger partial charge in [-0.25, -0.2) is 0 Å². The van der Waals surface area contributed by atoms with Gasteiger partial charge >= 0.3 is 0 Å². The lowest BCUT2D eigenvalue weighted by Gasteiger charge is -2.41. The number of phenols is 1. The number of piperazine rings is 1. The van der Waals surface area contributed by atoms with Crippen molar-refractivity contribution in [1.29, 1.82) is 0 Å². The van der Waals surface area contributed by atoms with Crippen LogP contribution in [0.2, 0.25) is 15.1 Å². The zero-order chi connectivity index (χ0) is 29.9. The van der Waals surface area contributed by atoms with Gasteiger partial charge in [0, 0.05) is 48.4 Å². The van der Waals surface area contributed by atoms with Crippen LogP contribution in [0.4, 0.5) is 5.69 Å². The summed E-state index contributed by atoms with van der Waals surface area (Å²) in [5.41, 5.74) is 5.20. The Morgan fingerprint density at radius 3 is 2.30 bits per heavy atom. The number of carbonyl (C=O) groups is 1. The third-order valence-electron chi connectivity index (χ3n) is 8.59. The normalized spacial score (nSPS) is 16.8. The zero-order valence-corrected chi connectivity index (χ0v) is 26.0. The molecule has 1 aliphatic carbocycles. The van der Waals surface area contributed by atoms with Crippen LogP contribution in [0.15, 0.2) is 84.9 Å². The number of rotatable bonds is 7. The van der Waals surface area contributed by atoms with Gasteiger partial charge in [-0.15, -0.1) is 0 Å². The largest absolute Gasteiger partial charge is 0.508 e. The number of halogens is 3. The molecule has 4 aromatic carbocycles. The first-order valence-electron chi connectivity index (χ1n) is 14.8. The first-order chi connectivity index (χ1) is 20.9. The van der Waals surface area contributed by atoms with Gasteiger partial charge in [-0.1, -0.05) is 84.0 Å². The second-order valence-electron chi connectivity index (χ2n) is 11.4. The molecule has 1 amide bonds. The van der Waals surface area contributed by atoms with E-state index in [0.29, 0.717) is 33.7 Å². The zero-order valence-electron chi connectivity index (χ0n) is 23.8. The summed E-state index contributed by atoms with van der Waals surface area (Å²) < 4.78 is 0. The third-order valence-corrected chi connectivity index (χ3v) is 9.63. The standard InChI is InChI=1S/C35H34Cl3N3O2/c36-27-9-4-6-23(21-27)24-14-15-32(42)29(22-24)34(25-7-3-8-26(20-25)35(43)39-28-10-1-2-11-28)41-18-16-40(17-19-41)31-13-5-12-30(37)33(31)38/h3-9,12-15,20-22,28,34,42H,1-2,10-11,16-19H2,(H,39,43). The predicted octanol–water partition coefficient (Wildman–Crippen LogP) is 8.60. The first kappa shape index (κ1) is 29.8. The molecule has 6 rings (SSSR count). The van der Waals surface area contributed by atoms with Crippen LogP contribution in [0.3, 0.4) is 0 Å². The van der Waals surface area contributed by atoms with Gasteiger partial charge in [-0.2, -0.15) is 0 Å². The van der Waals surface area contributed by atoms with Gasteiger partial charge in [-0.3, -0.25) is 9.69 Å². The molecule has 4 aromatic rings. The Labute approximate surface area is 268 Å². The molecule has 0 aromatic heterocycles. The third kappa shape index (κ3) is 6.66. The highest BCUT2D eigenvalue weighted by molar-refractivity contribution is 6.43. The lowest BCUT2D eigenvalue weighted by molar-refractivity contribution is 0.0937. The Bertz CT molecular complexity index is 1610. The summed E-state index contributed by atoms with van der Waals surface area (Å²) in [6, 6.07) is 26.9. The van der Waals surface area contributed by atoms with Crippen LogP contribution in [-0.4, -0.2) is 48.1 Å². The molecular weight excluding hydrogens is 601 g/mol. The molecule has 0 bridgehead atoms. The van der Waals surface area contributed by atoms with Gasteiger partial charge in [0.15, 0.2) is 0 Å². The summed E-state index contributed by atoms with van der Waals surface area (Å²) >= 11 is 19.2. The summed E-state index contributed by atoms with van der Waals surface area (Å²) in [6.07, 6.45) is 4.36. The maximum atomic E-state index is 13.3. The lowest BCUT2D eigenvalue weighted by Crippen LogP contribution is -2.48. The molecular formula is C35H34Cl3N3O2. The number of hydrogen-bond donors (Lipinski definition) is 2. The number of aromatic hydroxyl groups is 1. The van der Waals surface area contributed by atoms with Crippen molar-refractivity contribution in [2.75, 3.05) is 31.1 Å². The Morgan fingerprint density at radius 1 is 0.814 bits per heavy atom. The van der Waals surface area contributed by atoms with E-state index in [4.69, 9.17) is 34.8 Å². The van der Waals surface area contributed by atoms with Crippen LogP contribution in [0, 0.1) is 0 Å². The number of amides is 1. The number of nitrogens with one attached hydrogen (secondary N) is 1. The Hall–Kier alpha value is -3.22. The fraction of sp³-hybridized carbons (Fsp3) is 0.286. The molecule has 222 valence electrons. The van der Waals surface area contributed by atoms with Crippen molar-refractivity contribution in [3.63, 3.8) is 0 Å². The van der Waals surface area contributed by atoms with E-state index < -0.39 is 0 Å². The molecule has 5 nitrogen and oxygen atoms in total. The van der Waals surface area contributed by atoms with Crippen LogP contribution in [-0.2, 0) is 0 Å². The molecule has 8 heteroatoms. The second kappa shape index (κ2) is 13.2. The summed E-state index contributed by atoms with van der Waals surface area (Å²) in [6.45, 7) is 2.89. The van der Waals surface area contributed by atoms with Crippen LogP contribution in [0.1, 0.15) is 53.2 Å². The van der Waals surface area contributed by atoms with E-state index in [1.807, 2.05) is 72.8 Å². The number of benzene rings is 4. The highest BCUT2D eigenvalue weighted by Crippen LogP contribution is 2.39. The fourth-order valence-corrected chi connectivity index (χ4v) is 6.96. The average Bonchev–Trinajstić information content (AvgIpc) is 3.53. The average molecular weight is 635 g/mol.